The molecule has 5 heteroatoms. The Labute approximate surface area is 95.4 Å². The van der Waals surface area contributed by atoms with E-state index in [1.165, 1.54) is 18.2 Å². The molecule has 3 nitrogen and oxygen atoms in total. The zero-order valence-electron chi connectivity index (χ0n) is 9.19. The number of nitrogens with two attached hydrogens (primary N) is 1. The normalized spacial score (nSPS) is 13.7. The largest absolute Gasteiger partial charge is 0.330 e. The van der Waals surface area contributed by atoms with Crippen LogP contribution in [0.3, 0.4) is 0 Å². The van der Waals surface area contributed by atoms with E-state index in [9.17, 15) is 12.8 Å². The van der Waals surface area contributed by atoms with Crippen LogP contribution in [0.4, 0.5) is 4.39 Å². The van der Waals surface area contributed by atoms with Crippen molar-refractivity contribution in [1.29, 1.82) is 0 Å². The van der Waals surface area contributed by atoms with Gasteiger partial charge in [-0.2, -0.15) is 0 Å². The number of benzene rings is 1. The number of hydrogen-bond donors (Lipinski definition) is 1. The monoisotopic (exact) mass is 245 g/mol. The third-order valence-corrected chi connectivity index (χ3v) is 4.10. The Kier molecular flexibility index (Phi) is 4.44. The molecule has 1 unspecified atom stereocenters. The van der Waals surface area contributed by atoms with Gasteiger partial charge in [-0.05, 0) is 18.5 Å². The molecular formula is C11H16FNO2S. The van der Waals surface area contributed by atoms with Crippen LogP contribution in [-0.2, 0) is 15.6 Å². The molecule has 0 fully saturated rings. The van der Waals surface area contributed by atoms with Crippen molar-refractivity contribution in [3.8, 4) is 0 Å². The second kappa shape index (κ2) is 5.41. The van der Waals surface area contributed by atoms with E-state index in [0.717, 1.165) is 0 Å². The highest BCUT2D eigenvalue weighted by molar-refractivity contribution is 7.90. The molecule has 0 aromatic heterocycles. The van der Waals surface area contributed by atoms with Crippen molar-refractivity contribution in [3.63, 3.8) is 0 Å². The van der Waals surface area contributed by atoms with Crippen LogP contribution in [-0.4, -0.2) is 20.7 Å². The van der Waals surface area contributed by atoms with Crippen molar-refractivity contribution in [2.45, 2.75) is 12.7 Å². The summed E-state index contributed by atoms with van der Waals surface area (Å²) < 4.78 is 36.6. The van der Waals surface area contributed by atoms with Crippen molar-refractivity contribution >= 4 is 9.84 Å². The molecule has 1 atom stereocenters. The summed E-state index contributed by atoms with van der Waals surface area (Å²) in [6.45, 7) is 2.08. The Bertz CT molecular complexity index is 445. The molecule has 0 amide bonds. The zero-order chi connectivity index (χ0) is 12.2. The van der Waals surface area contributed by atoms with Crippen molar-refractivity contribution in [2.75, 3.05) is 12.3 Å². The van der Waals surface area contributed by atoms with Crippen LogP contribution >= 0.6 is 0 Å². The summed E-state index contributed by atoms with van der Waals surface area (Å²) >= 11 is 0. The zero-order valence-corrected chi connectivity index (χ0v) is 10.0. The predicted octanol–water partition coefficient (Wildman–Crippen LogP) is 1.34. The first-order valence-electron chi connectivity index (χ1n) is 5.08. The molecule has 0 aliphatic heterocycles. The minimum Gasteiger partial charge on any atom is -0.330 e. The van der Waals surface area contributed by atoms with Crippen LogP contribution < -0.4 is 5.73 Å². The average molecular weight is 245 g/mol. The lowest BCUT2D eigenvalue weighted by Crippen LogP contribution is -2.22. The summed E-state index contributed by atoms with van der Waals surface area (Å²) in [7, 11) is -3.29. The third kappa shape index (κ3) is 3.90. The summed E-state index contributed by atoms with van der Waals surface area (Å²) in [6.07, 6.45) is 0. The van der Waals surface area contributed by atoms with Crippen LogP contribution in [0.25, 0.3) is 0 Å². The van der Waals surface area contributed by atoms with Crippen molar-refractivity contribution in [3.05, 3.63) is 35.6 Å². The SMILES string of the molecule is CC(CN)CS(=O)(=O)Cc1ccccc1F. The van der Waals surface area contributed by atoms with Gasteiger partial charge in [-0.25, -0.2) is 12.8 Å². The highest BCUT2D eigenvalue weighted by Gasteiger charge is 2.17. The van der Waals surface area contributed by atoms with Gasteiger partial charge >= 0.3 is 0 Å². The third-order valence-electron chi connectivity index (χ3n) is 2.27. The van der Waals surface area contributed by atoms with Crippen LogP contribution in [0.1, 0.15) is 12.5 Å². The minimum absolute atomic E-state index is 0.00215. The van der Waals surface area contributed by atoms with Crippen molar-refractivity contribution in [1.82, 2.24) is 0 Å². The molecule has 16 heavy (non-hydrogen) atoms. The molecule has 1 aromatic rings. The van der Waals surface area contributed by atoms with Crippen LogP contribution in [0.2, 0.25) is 0 Å². The first kappa shape index (κ1) is 13.1. The Balaban J connectivity index is 2.77. The molecular weight excluding hydrogens is 229 g/mol. The van der Waals surface area contributed by atoms with Crippen LogP contribution in [0.15, 0.2) is 24.3 Å². The van der Waals surface area contributed by atoms with E-state index >= 15 is 0 Å². The van der Waals surface area contributed by atoms with Gasteiger partial charge in [-0.15, -0.1) is 0 Å². The summed E-state index contributed by atoms with van der Waals surface area (Å²) in [5.74, 6) is -0.842. The van der Waals surface area contributed by atoms with Gasteiger partial charge in [0, 0.05) is 5.56 Å². The lowest BCUT2D eigenvalue weighted by molar-refractivity contribution is 0.568. The fourth-order valence-corrected chi connectivity index (χ4v) is 3.24. The van der Waals surface area contributed by atoms with E-state index in [0.29, 0.717) is 6.54 Å². The standard InChI is InChI=1S/C11H16FNO2S/c1-9(6-13)7-16(14,15)8-10-4-2-3-5-11(10)12/h2-5,9H,6-8,13H2,1H3. The Morgan fingerprint density at radius 1 is 1.38 bits per heavy atom. The van der Waals surface area contributed by atoms with E-state index in [1.54, 1.807) is 13.0 Å². The Hall–Kier alpha value is -0.940. The smallest absolute Gasteiger partial charge is 0.154 e. The maximum absolute atomic E-state index is 13.3. The molecule has 0 saturated heterocycles. The molecule has 0 aliphatic rings. The van der Waals surface area contributed by atoms with Gasteiger partial charge in [0.05, 0.1) is 11.5 Å². The van der Waals surface area contributed by atoms with Gasteiger partial charge in [0.25, 0.3) is 0 Å². The fourth-order valence-electron chi connectivity index (χ4n) is 1.41. The second-order valence-electron chi connectivity index (χ2n) is 3.99. The van der Waals surface area contributed by atoms with E-state index in [1.807, 2.05) is 0 Å². The summed E-state index contributed by atoms with van der Waals surface area (Å²) in [6, 6.07) is 5.91. The number of hydrogen-bond acceptors (Lipinski definition) is 3. The highest BCUT2D eigenvalue weighted by Crippen LogP contribution is 2.12. The Morgan fingerprint density at radius 3 is 2.56 bits per heavy atom. The fraction of sp³-hybridized carbons (Fsp3) is 0.455. The maximum atomic E-state index is 13.3. The molecule has 2 N–H and O–H groups in total. The lowest BCUT2D eigenvalue weighted by atomic mass is 10.2. The van der Waals surface area contributed by atoms with E-state index in [-0.39, 0.29) is 23.0 Å². The van der Waals surface area contributed by atoms with Crippen molar-refractivity contribution < 1.29 is 12.8 Å². The number of sulfone groups is 1. The van der Waals surface area contributed by atoms with Gasteiger partial charge in [0.15, 0.2) is 9.84 Å². The first-order valence-corrected chi connectivity index (χ1v) is 6.90. The minimum atomic E-state index is -3.29. The van der Waals surface area contributed by atoms with Gasteiger partial charge in [-0.3, -0.25) is 0 Å². The summed E-state index contributed by atoms with van der Waals surface area (Å²) in [4.78, 5) is 0. The molecule has 1 aromatic carbocycles. The van der Waals surface area contributed by atoms with Crippen LogP contribution in [0, 0.1) is 11.7 Å². The predicted molar refractivity (Wildman–Crippen MR) is 62.1 cm³/mol. The summed E-state index contributed by atoms with van der Waals surface area (Å²) in [5, 5.41) is 0. The molecule has 1 rings (SSSR count). The molecule has 90 valence electrons. The number of rotatable bonds is 5. The first-order chi connectivity index (χ1) is 7.44. The topological polar surface area (TPSA) is 60.2 Å². The number of halogens is 1. The second-order valence-corrected chi connectivity index (χ2v) is 6.10. The van der Waals surface area contributed by atoms with E-state index in [2.05, 4.69) is 0 Å². The average Bonchev–Trinajstić information content (AvgIpc) is 2.20. The molecule has 0 spiro atoms. The molecule has 0 aliphatic carbocycles. The maximum Gasteiger partial charge on any atom is 0.154 e. The summed E-state index contributed by atoms with van der Waals surface area (Å²) in [5.41, 5.74) is 5.58. The van der Waals surface area contributed by atoms with Gasteiger partial charge < -0.3 is 5.73 Å². The van der Waals surface area contributed by atoms with E-state index < -0.39 is 15.7 Å². The van der Waals surface area contributed by atoms with Crippen molar-refractivity contribution in [2.24, 2.45) is 11.7 Å². The molecule has 0 bridgehead atoms. The van der Waals surface area contributed by atoms with Gasteiger partial charge in [0.1, 0.15) is 5.82 Å². The molecule has 0 saturated carbocycles. The lowest BCUT2D eigenvalue weighted by Gasteiger charge is -2.09. The van der Waals surface area contributed by atoms with Gasteiger partial charge in [-0.1, -0.05) is 25.1 Å². The Morgan fingerprint density at radius 2 is 2.00 bits per heavy atom. The van der Waals surface area contributed by atoms with E-state index in [4.69, 9.17) is 5.73 Å². The molecule has 0 heterocycles. The quantitative estimate of drug-likeness (QED) is 0.851. The molecule has 0 radical (unpaired) electrons. The highest BCUT2D eigenvalue weighted by atomic mass is 32.2. The van der Waals surface area contributed by atoms with Gasteiger partial charge in [0.2, 0.25) is 0 Å². The van der Waals surface area contributed by atoms with Crippen LogP contribution in [0.5, 0.6) is 0 Å².